The lowest BCUT2D eigenvalue weighted by Crippen LogP contribution is -2.33. The van der Waals surface area contributed by atoms with E-state index in [0.29, 0.717) is 0 Å². The molecule has 0 saturated carbocycles. The van der Waals surface area contributed by atoms with Gasteiger partial charge in [-0.15, -0.1) is 0 Å². The van der Waals surface area contributed by atoms with Crippen molar-refractivity contribution in [1.82, 2.24) is 0 Å². The van der Waals surface area contributed by atoms with Gasteiger partial charge in [0, 0.05) is 22.0 Å². The number of rotatable bonds is 5. The maximum absolute atomic E-state index is 2.63. The van der Waals surface area contributed by atoms with Gasteiger partial charge in [0.2, 0.25) is 0 Å². The number of anilines is 3. The number of hydrogen-bond donors (Lipinski definition) is 0. The molecule has 0 aromatic heterocycles. The topological polar surface area (TPSA) is 3.24 Å². The van der Waals surface area contributed by atoms with Gasteiger partial charge in [-0.1, -0.05) is 202 Å². The first kappa shape index (κ1) is 34.8. The summed E-state index contributed by atoms with van der Waals surface area (Å²) in [6, 6.07) is 77.0. The van der Waals surface area contributed by atoms with Crippen LogP contribution in [-0.4, -0.2) is 0 Å². The highest BCUT2D eigenvalue weighted by molar-refractivity contribution is 6.08. The second-order valence-corrected chi connectivity index (χ2v) is 17.3. The highest BCUT2D eigenvalue weighted by atomic mass is 15.2. The molecular weight excluding hydrogens is 723 g/mol. The Hall–Kier alpha value is -7.22. The molecule has 1 nitrogen and oxygen atoms in total. The zero-order valence-electron chi connectivity index (χ0n) is 34.1. The van der Waals surface area contributed by atoms with Gasteiger partial charge in [-0.05, 0) is 109 Å². The van der Waals surface area contributed by atoms with E-state index in [4.69, 9.17) is 0 Å². The summed E-state index contributed by atoms with van der Waals surface area (Å²) in [5.41, 5.74) is 25.0. The van der Waals surface area contributed by atoms with Crippen molar-refractivity contribution in [3.8, 4) is 66.8 Å². The van der Waals surface area contributed by atoms with E-state index >= 15 is 0 Å². The number of hydrogen-bond acceptors (Lipinski definition) is 1. The van der Waals surface area contributed by atoms with Crippen molar-refractivity contribution in [2.75, 3.05) is 4.90 Å². The Morgan fingerprint density at radius 1 is 0.317 bits per heavy atom. The Morgan fingerprint density at radius 3 is 1.57 bits per heavy atom. The summed E-state index contributed by atoms with van der Waals surface area (Å²) in [6.07, 6.45) is 0. The van der Waals surface area contributed by atoms with Crippen molar-refractivity contribution in [3.63, 3.8) is 0 Å². The summed E-state index contributed by atoms with van der Waals surface area (Å²) in [7, 11) is 0. The monoisotopic (exact) mass is 765 g/mol. The molecule has 0 spiro atoms. The van der Waals surface area contributed by atoms with Crippen molar-refractivity contribution in [3.05, 3.63) is 234 Å². The molecule has 284 valence electrons. The lowest BCUT2D eigenvalue weighted by atomic mass is 9.68. The van der Waals surface area contributed by atoms with Crippen LogP contribution >= 0.6 is 0 Å². The third kappa shape index (κ3) is 4.75. The Bertz CT molecular complexity index is 3190. The molecule has 9 aromatic carbocycles. The smallest absolute Gasteiger partial charge is 0.0591 e. The van der Waals surface area contributed by atoms with Gasteiger partial charge in [-0.3, -0.25) is 0 Å². The molecule has 0 N–H and O–H groups in total. The van der Waals surface area contributed by atoms with Gasteiger partial charge in [0.15, 0.2) is 0 Å². The van der Waals surface area contributed by atoms with Crippen molar-refractivity contribution < 1.29 is 0 Å². The molecule has 2 aliphatic carbocycles. The van der Waals surface area contributed by atoms with Crippen LogP contribution in [0.4, 0.5) is 17.1 Å². The van der Waals surface area contributed by atoms with Crippen LogP contribution in [0.3, 0.4) is 0 Å². The molecule has 1 atom stereocenters. The Morgan fingerprint density at radius 2 is 0.833 bits per heavy atom. The van der Waals surface area contributed by atoms with E-state index in [1.165, 1.54) is 112 Å². The van der Waals surface area contributed by atoms with Gasteiger partial charge in [0.1, 0.15) is 0 Å². The molecule has 60 heavy (non-hydrogen) atoms. The van der Waals surface area contributed by atoms with E-state index in [1.807, 2.05) is 0 Å². The Kier molecular flexibility index (Phi) is 7.47. The highest BCUT2D eigenvalue weighted by Gasteiger charge is 2.49. The lowest BCUT2D eigenvalue weighted by Gasteiger charge is -2.44. The Labute approximate surface area is 352 Å². The van der Waals surface area contributed by atoms with Crippen LogP contribution in [0.15, 0.2) is 206 Å². The fourth-order valence-electron chi connectivity index (χ4n) is 11.1. The van der Waals surface area contributed by atoms with Gasteiger partial charge >= 0.3 is 0 Å². The molecule has 0 saturated heterocycles. The first-order chi connectivity index (χ1) is 29.4. The van der Waals surface area contributed by atoms with Crippen LogP contribution in [0.1, 0.15) is 48.6 Å². The minimum absolute atomic E-state index is 0.0608. The van der Waals surface area contributed by atoms with E-state index in [1.54, 1.807) is 0 Å². The van der Waals surface area contributed by atoms with Crippen LogP contribution in [0, 0.1) is 0 Å². The summed E-state index contributed by atoms with van der Waals surface area (Å²) >= 11 is 0. The molecule has 9 aromatic rings. The first-order valence-electron chi connectivity index (χ1n) is 21.2. The van der Waals surface area contributed by atoms with Crippen molar-refractivity contribution in [1.29, 1.82) is 0 Å². The number of nitrogens with zero attached hydrogens (tertiary/aromatic N) is 1. The van der Waals surface area contributed by atoms with E-state index < -0.39 is 5.41 Å². The predicted molar refractivity (Wildman–Crippen MR) is 251 cm³/mol. The third-order valence-electron chi connectivity index (χ3n) is 13.9. The average Bonchev–Trinajstić information content (AvgIpc) is 3.71. The van der Waals surface area contributed by atoms with Gasteiger partial charge < -0.3 is 4.90 Å². The summed E-state index contributed by atoms with van der Waals surface area (Å²) in [5.74, 6) is 0. The zero-order chi connectivity index (χ0) is 40.2. The number of fused-ring (bicyclic) bond motifs is 8. The molecule has 12 rings (SSSR count). The van der Waals surface area contributed by atoms with Crippen molar-refractivity contribution in [2.24, 2.45) is 0 Å². The summed E-state index contributed by atoms with van der Waals surface area (Å²) < 4.78 is 0. The quantitative estimate of drug-likeness (QED) is 0.169. The molecule has 3 aliphatic rings. The molecular formula is C59H43N. The third-order valence-corrected chi connectivity index (χ3v) is 13.9. The molecule has 1 heterocycles. The molecule has 0 bridgehead atoms. The standard InChI is InChI=1S/C59H43N/c1-58(2)49-29-15-12-26-45(49)48-37-40(33-35-50(48)58)42-24-14-17-31-53(42)60-54-32-18-28-47-44-25-13-16-30-51(44)59(3,56(47)54)52-36-34-43(39-21-8-5-9-22-39)55(57(52)60)46-27-11-10-23-41(46)38-19-6-4-7-20-38/h4-37H,1-3H3. The summed E-state index contributed by atoms with van der Waals surface area (Å²) in [5, 5.41) is 0. The van der Waals surface area contributed by atoms with E-state index in [-0.39, 0.29) is 5.41 Å². The van der Waals surface area contributed by atoms with Gasteiger partial charge in [-0.2, -0.15) is 0 Å². The van der Waals surface area contributed by atoms with E-state index in [9.17, 15) is 0 Å². The highest BCUT2D eigenvalue weighted by Crippen LogP contribution is 2.65. The summed E-state index contributed by atoms with van der Waals surface area (Å²) in [6.45, 7) is 7.19. The summed E-state index contributed by atoms with van der Waals surface area (Å²) in [4.78, 5) is 2.63. The van der Waals surface area contributed by atoms with Gasteiger partial charge in [0.25, 0.3) is 0 Å². The number of benzene rings is 9. The second kappa shape index (κ2) is 12.9. The SMILES string of the molecule is CC1(C)c2ccccc2-c2cc(-c3ccccc3N3c4cccc5c4C(C)(c4ccccc4-5)c4ccc(-c5ccccc5)c(-c5ccccc5-c5ccccc5)c43)ccc21. The molecule has 1 aliphatic heterocycles. The van der Waals surface area contributed by atoms with Gasteiger partial charge in [0.05, 0.1) is 17.1 Å². The normalized spacial score (nSPS) is 16.1. The zero-order valence-corrected chi connectivity index (χ0v) is 34.1. The van der Waals surface area contributed by atoms with Crippen molar-refractivity contribution >= 4 is 17.1 Å². The maximum atomic E-state index is 2.63. The van der Waals surface area contributed by atoms with Crippen LogP contribution < -0.4 is 4.90 Å². The van der Waals surface area contributed by atoms with Crippen LogP contribution in [0.25, 0.3) is 66.8 Å². The van der Waals surface area contributed by atoms with Crippen LogP contribution in [-0.2, 0) is 10.8 Å². The lowest BCUT2D eigenvalue weighted by molar-refractivity contribution is 0.660. The minimum Gasteiger partial charge on any atom is -0.309 e. The van der Waals surface area contributed by atoms with Crippen LogP contribution in [0.5, 0.6) is 0 Å². The van der Waals surface area contributed by atoms with E-state index in [0.717, 1.165) is 0 Å². The van der Waals surface area contributed by atoms with Gasteiger partial charge in [-0.25, -0.2) is 0 Å². The minimum atomic E-state index is -0.391. The number of para-hydroxylation sites is 1. The molecule has 1 unspecified atom stereocenters. The second-order valence-electron chi connectivity index (χ2n) is 17.3. The van der Waals surface area contributed by atoms with E-state index in [2.05, 4.69) is 232 Å². The predicted octanol–water partition coefficient (Wildman–Crippen LogP) is 15.8. The van der Waals surface area contributed by atoms with Crippen molar-refractivity contribution in [2.45, 2.75) is 31.6 Å². The fraction of sp³-hybridized carbons (Fsp3) is 0.0847. The Balaban J connectivity index is 1.21. The first-order valence-corrected chi connectivity index (χ1v) is 21.2. The molecule has 0 amide bonds. The largest absolute Gasteiger partial charge is 0.309 e. The molecule has 0 radical (unpaired) electrons. The van der Waals surface area contributed by atoms with Crippen LogP contribution in [0.2, 0.25) is 0 Å². The molecule has 0 fully saturated rings. The fourth-order valence-corrected chi connectivity index (χ4v) is 11.1. The average molecular weight is 766 g/mol. The molecule has 1 heteroatoms. The maximum Gasteiger partial charge on any atom is 0.0591 e.